The normalized spacial score (nSPS) is 24.9. The van der Waals surface area contributed by atoms with Crippen LogP contribution in [0.4, 0.5) is 10.3 Å². The minimum Gasteiger partial charge on any atom is -0.394 e. The molecular formula is C13H18ClFN4O2. The number of nitrogens with zero attached hydrogens (tertiary/aromatic N) is 3. The number of hydrogen-bond donors (Lipinski definition) is 2. The van der Waals surface area contributed by atoms with E-state index in [1.165, 1.54) is 4.57 Å². The molecule has 1 aliphatic rings. The number of fused-ring (bicyclic) bond motifs is 1. The van der Waals surface area contributed by atoms with Crippen LogP contribution in [0, 0.1) is 0 Å². The van der Waals surface area contributed by atoms with Crippen molar-refractivity contribution in [1.29, 1.82) is 0 Å². The summed E-state index contributed by atoms with van der Waals surface area (Å²) in [5.74, 6) is 0.0181. The lowest BCUT2D eigenvalue weighted by molar-refractivity contribution is -0.0348. The van der Waals surface area contributed by atoms with Gasteiger partial charge in [0.05, 0.1) is 18.1 Å². The lowest BCUT2D eigenvalue weighted by Crippen LogP contribution is -2.17. The van der Waals surface area contributed by atoms with E-state index in [-0.39, 0.29) is 24.1 Å². The maximum atomic E-state index is 14.0. The highest BCUT2D eigenvalue weighted by Gasteiger charge is 2.37. The maximum absolute atomic E-state index is 14.0. The first kappa shape index (κ1) is 15.9. The van der Waals surface area contributed by atoms with E-state index in [9.17, 15) is 4.39 Å². The molecule has 1 fully saturated rings. The predicted octanol–water partition coefficient (Wildman–Crippen LogP) is 2.31. The van der Waals surface area contributed by atoms with Gasteiger partial charge in [0, 0.05) is 12.6 Å². The first-order valence-electron chi connectivity index (χ1n) is 6.80. The molecule has 0 aliphatic carbocycles. The Labute approximate surface area is 126 Å². The molecule has 0 saturated carbocycles. The molecule has 21 heavy (non-hydrogen) atoms. The minimum atomic E-state index is -1.22. The fraction of sp³-hybridized carbons (Fsp3) is 0.538. The van der Waals surface area contributed by atoms with Crippen molar-refractivity contribution < 1.29 is 14.2 Å². The first-order valence-corrected chi connectivity index (χ1v) is 7.18. The van der Waals surface area contributed by atoms with Crippen molar-refractivity contribution in [2.75, 3.05) is 12.3 Å². The van der Waals surface area contributed by atoms with Gasteiger partial charge in [0.2, 0.25) is 5.95 Å². The van der Waals surface area contributed by atoms with Crippen LogP contribution in [0.3, 0.4) is 0 Å². The lowest BCUT2D eigenvalue weighted by atomic mass is 10.2. The fourth-order valence-electron chi connectivity index (χ4n) is 2.28. The molecule has 0 amide bonds. The van der Waals surface area contributed by atoms with Gasteiger partial charge in [-0.3, -0.25) is 0 Å². The Morgan fingerprint density at radius 2 is 2.24 bits per heavy atom. The molecule has 2 aromatic heterocycles. The van der Waals surface area contributed by atoms with Crippen molar-refractivity contribution in [3.63, 3.8) is 0 Å². The molecule has 3 atom stereocenters. The van der Waals surface area contributed by atoms with Crippen LogP contribution in [-0.2, 0) is 4.74 Å². The number of alkyl halides is 1. The molecular weight excluding hydrogens is 299 g/mol. The Kier molecular flexibility index (Phi) is 4.97. The highest BCUT2D eigenvalue weighted by Crippen LogP contribution is 2.34. The summed E-state index contributed by atoms with van der Waals surface area (Å²) in [4.78, 5) is 7.90. The third kappa shape index (κ3) is 2.95. The minimum absolute atomic E-state index is 0.0181. The molecule has 116 valence electrons. The highest BCUT2D eigenvalue weighted by atomic mass is 35.5. The van der Waals surface area contributed by atoms with Gasteiger partial charge in [-0.05, 0) is 6.07 Å². The van der Waals surface area contributed by atoms with Crippen LogP contribution in [0.25, 0.3) is 11.0 Å². The molecule has 8 heteroatoms. The van der Waals surface area contributed by atoms with E-state index in [4.69, 9.17) is 27.2 Å². The summed E-state index contributed by atoms with van der Waals surface area (Å²) in [6.45, 7) is 3.79. The molecule has 0 aromatic carbocycles. The summed E-state index contributed by atoms with van der Waals surface area (Å²) in [7, 11) is 0. The van der Waals surface area contributed by atoms with Crippen LogP contribution in [0.5, 0.6) is 0 Å². The second kappa shape index (κ2) is 6.55. The molecule has 2 unspecified atom stereocenters. The number of aliphatic hydroxyl groups is 1. The molecule has 3 N–H and O–H groups in total. The van der Waals surface area contributed by atoms with Crippen molar-refractivity contribution in [2.24, 2.45) is 0 Å². The Morgan fingerprint density at radius 3 is 2.86 bits per heavy atom. The van der Waals surface area contributed by atoms with Crippen molar-refractivity contribution in [1.82, 2.24) is 14.5 Å². The van der Waals surface area contributed by atoms with Crippen LogP contribution >= 0.6 is 11.6 Å². The van der Waals surface area contributed by atoms with E-state index in [1.54, 1.807) is 12.3 Å². The lowest BCUT2D eigenvalue weighted by Gasteiger charge is -2.16. The molecule has 0 bridgehead atoms. The van der Waals surface area contributed by atoms with Gasteiger partial charge in [-0.1, -0.05) is 25.4 Å². The average molecular weight is 317 g/mol. The van der Waals surface area contributed by atoms with E-state index >= 15 is 0 Å². The zero-order valence-corrected chi connectivity index (χ0v) is 12.6. The Bertz CT molecular complexity index is 621. The van der Waals surface area contributed by atoms with Crippen molar-refractivity contribution in [2.45, 2.75) is 38.8 Å². The summed E-state index contributed by atoms with van der Waals surface area (Å²) in [6, 6.07) is 1.68. The quantitative estimate of drug-likeness (QED) is 0.830. The smallest absolute Gasteiger partial charge is 0.223 e. The molecule has 2 aromatic rings. The predicted molar refractivity (Wildman–Crippen MR) is 78.8 cm³/mol. The highest BCUT2D eigenvalue weighted by molar-refractivity contribution is 6.34. The second-order valence-electron chi connectivity index (χ2n) is 4.42. The number of anilines is 1. The third-order valence-electron chi connectivity index (χ3n) is 3.15. The van der Waals surface area contributed by atoms with E-state index in [2.05, 4.69) is 9.97 Å². The summed E-state index contributed by atoms with van der Waals surface area (Å²) >= 11 is 5.96. The van der Waals surface area contributed by atoms with Crippen molar-refractivity contribution in [3.05, 3.63) is 17.4 Å². The van der Waals surface area contributed by atoms with Crippen LogP contribution in [0.2, 0.25) is 5.15 Å². The number of nitrogen functional groups attached to an aromatic ring is 1. The van der Waals surface area contributed by atoms with Gasteiger partial charge in [0.25, 0.3) is 0 Å². The monoisotopic (exact) mass is 316 g/mol. The average Bonchev–Trinajstić information content (AvgIpc) is 3.04. The van der Waals surface area contributed by atoms with E-state index in [0.717, 1.165) is 0 Å². The van der Waals surface area contributed by atoms with E-state index in [0.29, 0.717) is 11.0 Å². The zero-order chi connectivity index (χ0) is 15.6. The van der Waals surface area contributed by atoms with Crippen LogP contribution in [-0.4, -0.2) is 38.5 Å². The van der Waals surface area contributed by atoms with Gasteiger partial charge in [-0.2, -0.15) is 4.98 Å². The van der Waals surface area contributed by atoms with Gasteiger partial charge < -0.3 is 20.1 Å². The SMILES string of the molecule is CC.Nc1nc(Cl)c2ccn(C3OC(CO)C[C@@H]3F)c2n1. The zero-order valence-electron chi connectivity index (χ0n) is 11.8. The van der Waals surface area contributed by atoms with Crippen molar-refractivity contribution in [3.8, 4) is 0 Å². The van der Waals surface area contributed by atoms with Crippen LogP contribution in [0.1, 0.15) is 26.5 Å². The Balaban J connectivity index is 0.000000774. The van der Waals surface area contributed by atoms with E-state index in [1.807, 2.05) is 13.8 Å². The first-order chi connectivity index (χ1) is 10.1. The van der Waals surface area contributed by atoms with Gasteiger partial charge in [-0.25, -0.2) is 9.37 Å². The second-order valence-corrected chi connectivity index (χ2v) is 4.77. The van der Waals surface area contributed by atoms with Gasteiger partial charge in [-0.15, -0.1) is 0 Å². The van der Waals surface area contributed by atoms with Crippen LogP contribution in [0.15, 0.2) is 12.3 Å². The molecule has 1 aliphatic heterocycles. The third-order valence-corrected chi connectivity index (χ3v) is 3.44. The van der Waals surface area contributed by atoms with E-state index < -0.39 is 18.5 Å². The summed E-state index contributed by atoms with van der Waals surface area (Å²) < 4.78 is 20.9. The molecule has 1 saturated heterocycles. The van der Waals surface area contributed by atoms with Gasteiger partial charge >= 0.3 is 0 Å². The number of hydrogen-bond acceptors (Lipinski definition) is 5. The molecule has 0 radical (unpaired) electrons. The number of nitrogens with two attached hydrogens (primary N) is 1. The topological polar surface area (TPSA) is 86.2 Å². The molecule has 6 nitrogen and oxygen atoms in total. The maximum Gasteiger partial charge on any atom is 0.223 e. The summed E-state index contributed by atoms with van der Waals surface area (Å²) in [5, 5.41) is 9.83. The number of aromatic nitrogens is 3. The summed E-state index contributed by atoms with van der Waals surface area (Å²) in [6.07, 6.45) is -0.786. The largest absolute Gasteiger partial charge is 0.394 e. The Hall–Kier alpha value is -1.44. The van der Waals surface area contributed by atoms with Gasteiger partial charge in [0.15, 0.2) is 6.23 Å². The van der Waals surface area contributed by atoms with Gasteiger partial charge in [0.1, 0.15) is 17.0 Å². The van der Waals surface area contributed by atoms with Crippen LogP contribution < -0.4 is 5.73 Å². The molecule has 0 spiro atoms. The van der Waals surface area contributed by atoms with Crippen molar-refractivity contribution >= 4 is 28.6 Å². The molecule has 3 heterocycles. The summed E-state index contributed by atoms with van der Waals surface area (Å²) in [5.41, 5.74) is 5.97. The standard InChI is InChI=1S/C11H12ClFN4O2.C2H6/c12-8-6-1-2-17(9(6)16-11(14)15-8)10-7(13)3-5(4-18)19-10;1-2/h1-2,5,7,10,18H,3-4H2,(H2,14,15,16);1-2H3/t5?,7-,10?;/m0./s1. The Morgan fingerprint density at radius 1 is 1.52 bits per heavy atom. The number of ether oxygens (including phenoxy) is 1. The fourth-order valence-corrected chi connectivity index (χ4v) is 2.51. The number of aliphatic hydroxyl groups excluding tert-OH is 1. The number of rotatable bonds is 2. The number of halogens is 2. The molecule has 3 rings (SSSR count).